The van der Waals surface area contributed by atoms with Crippen molar-refractivity contribution in [1.82, 2.24) is 24.6 Å². The Labute approximate surface area is 128 Å². The lowest BCUT2D eigenvalue weighted by molar-refractivity contribution is 0.493. The SMILES string of the molecule is Cc1cc(C2CCN(c3cnccn3)CC2)nc2ccnn12. The van der Waals surface area contributed by atoms with Crippen molar-refractivity contribution in [3.05, 3.63) is 48.3 Å². The van der Waals surface area contributed by atoms with Gasteiger partial charge in [-0.1, -0.05) is 0 Å². The zero-order chi connectivity index (χ0) is 14.9. The third-order valence-electron chi connectivity index (χ3n) is 4.34. The van der Waals surface area contributed by atoms with Gasteiger partial charge in [0.15, 0.2) is 5.65 Å². The zero-order valence-corrected chi connectivity index (χ0v) is 12.6. The van der Waals surface area contributed by atoms with Crippen molar-refractivity contribution in [2.24, 2.45) is 0 Å². The van der Waals surface area contributed by atoms with Crippen LogP contribution in [0.25, 0.3) is 5.65 Å². The Balaban J connectivity index is 1.53. The summed E-state index contributed by atoms with van der Waals surface area (Å²) in [4.78, 5) is 15.6. The van der Waals surface area contributed by atoms with Gasteiger partial charge in [0.2, 0.25) is 0 Å². The van der Waals surface area contributed by atoms with Crippen molar-refractivity contribution in [2.45, 2.75) is 25.7 Å². The van der Waals surface area contributed by atoms with Gasteiger partial charge in [0, 0.05) is 48.9 Å². The second-order valence-corrected chi connectivity index (χ2v) is 5.75. The second-order valence-electron chi connectivity index (χ2n) is 5.75. The molecule has 0 saturated carbocycles. The van der Waals surface area contributed by atoms with Gasteiger partial charge in [-0.15, -0.1) is 0 Å². The molecule has 0 N–H and O–H groups in total. The Morgan fingerprint density at radius 3 is 2.77 bits per heavy atom. The lowest BCUT2D eigenvalue weighted by Crippen LogP contribution is -2.33. The van der Waals surface area contributed by atoms with Crippen molar-refractivity contribution in [3.63, 3.8) is 0 Å². The fourth-order valence-electron chi connectivity index (χ4n) is 3.16. The molecule has 0 bridgehead atoms. The average molecular weight is 294 g/mol. The smallest absolute Gasteiger partial charge is 0.155 e. The molecule has 0 radical (unpaired) electrons. The van der Waals surface area contributed by atoms with Crippen LogP contribution < -0.4 is 4.90 Å². The predicted octanol–water partition coefficient (Wildman–Crippen LogP) is 2.21. The predicted molar refractivity (Wildman–Crippen MR) is 83.9 cm³/mol. The zero-order valence-electron chi connectivity index (χ0n) is 12.6. The molecule has 0 spiro atoms. The minimum Gasteiger partial charge on any atom is -0.355 e. The van der Waals surface area contributed by atoms with Gasteiger partial charge in [-0.3, -0.25) is 4.98 Å². The third-order valence-corrected chi connectivity index (χ3v) is 4.34. The van der Waals surface area contributed by atoms with Crippen molar-refractivity contribution < 1.29 is 0 Å². The molecule has 0 aromatic carbocycles. The van der Waals surface area contributed by atoms with Gasteiger partial charge >= 0.3 is 0 Å². The molecule has 0 unspecified atom stereocenters. The first-order valence-corrected chi connectivity index (χ1v) is 7.63. The Kier molecular flexibility index (Phi) is 3.21. The van der Waals surface area contributed by atoms with Crippen molar-refractivity contribution in [3.8, 4) is 0 Å². The van der Waals surface area contributed by atoms with Gasteiger partial charge in [-0.2, -0.15) is 5.10 Å². The maximum Gasteiger partial charge on any atom is 0.155 e. The maximum absolute atomic E-state index is 4.77. The minimum atomic E-state index is 0.506. The van der Waals surface area contributed by atoms with Crippen molar-refractivity contribution in [2.75, 3.05) is 18.0 Å². The Morgan fingerprint density at radius 2 is 2.00 bits per heavy atom. The largest absolute Gasteiger partial charge is 0.355 e. The van der Waals surface area contributed by atoms with Crippen LogP contribution in [0.15, 0.2) is 36.9 Å². The van der Waals surface area contributed by atoms with Crippen LogP contribution in [0, 0.1) is 6.92 Å². The van der Waals surface area contributed by atoms with Crippen LogP contribution in [0.4, 0.5) is 5.82 Å². The summed E-state index contributed by atoms with van der Waals surface area (Å²) in [6, 6.07) is 4.13. The number of hydrogen-bond donors (Lipinski definition) is 0. The first-order valence-electron chi connectivity index (χ1n) is 7.63. The number of fused-ring (bicyclic) bond motifs is 1. The third kappa shape index (κ3) is 2.30. The topological polar surface area (TPSA) is 59.2 Å². The summed E-state index contributed by atoms with van der Waals surface area (Å²) in [6.07, 6.45) is 9.28. The first-order chi connectivity index (χ1) is 10.8. The lowest BCUT2D eigenvalue weighted by atomic mass is 9.93. The first kappa shape index (κ1) is 13.2. The van der Waals surface area contributed by atoms with Crippen LogP contribution in [0.5, 0.6) is 0 Å². The van der Waals surface area contributed by atoms with E-state index in [4.69, 9.17) is 4.98 Å². The van der Waals surface area contributed by atoms with E-state index in [-0.39, 0.29) is 0 Å². The number of rotatable bonds is 2. The highest BCUT2D eigenvalue weighted by Gasteiger charge is 2.23. The number of aromatic nitrogens is 5. The van der Waals surface area contributed by atoms with Crippen LogP contribution in [-0.4, -0.2) is 37.7 Å². The van der Waals surface area contributed by atoms with Crippen LogP contribution >= 0.6 is 0 Å². The van der Waals surface area contributed by atoms with E-state index in [0.717, 1.165) is 43.1 Å². The van der Waals surface area contributed by atoms with E-state index < -0.39 is 0 Å². The summed E-state index contributed by atoms with van der Waals surface area (Å²) in [6.45, 7) is 4.07. The minimum absolute atomic E-state index is 0.506. The van der Waals surface area contributed by atoms with Crippen LogP contribution in [0.2, 0.25) is 0 Å². The number of aryl methyl sites for hydroxylation is 1. The van der Waals surface area contributed by atoms with Gasteiger partial charge < -0.3 is 4.90 Å². The molecular weight excluding hydrogens is 276 g/mol. The van der Waals surface area contributed by atoms with E-state index in [2.05, 4.69) is 33.0 Å². The van der Waals surface area contributed by atoms with Gasteiger partial charge in [0.25, 0.3) is 0 Å². The molecule has 4 rings (SSSR count). The molecule has 22 heavy (non-hydrogen) atoms. The molecular formula is C16H18N6. The van der Waals surface area contributed by atoms with E-state index in [0.29, 0.717) is 5.92 Å². The molecule has 1 saturated heterocycles. The Hall–Kier alpha value is -2.50. The van der Waals surface area contributed by atoms with E-state index in [9.17, 15) is 0 Å². The fraction of sp³-hybridized carbons (Fsp3) is 0.375. The monoisotopic (exact) mass is 294 g/mol. The molecule has 3 aromatic rings. The molecule has 0 atom stereocenters. The summed E-state index contributed by atoms with van der Waals surface area (Å²) in [5.41, 5.74) is 3.26. The van der Waals surface area contributed by atoms with Crippen molar-refractivity contribution >= 4 is 11.5 Å². The molecule has 6 nitrogen and oxygen atoms in total. The molecule has 0 aliphatic carbocycles. The summed E-state index contributed by atoms with van der Waals surface area (Å²) in [5, 5.41) is 4.29. The molecule has 1 aliphatic rings. The molecule has 112 valence electrons. The highest BCUT2D eigenvalue weighted by molar-refractivity contribution is 5.40. The standard InChI is InChI=1S/C16H18N6/c1-12-10-14(20-15-2-5-19-22(12)15)13-3-8-21(9-4-13)16-11-17-6-7-18-16/h2,5-7,10-11,13H,3-4,8-9H2,1H3. The normalized spacial score (nSPS) is 16.3. The quantitative estimate of drug-likeness (QED) is 0.725. The molecule has 0 amide bonds. The highest BCUT2D eigenvalue weighted by Crippen LogP contribution is 2.29. The highest BCUT2D eigenvalue weighted by atomic mass is 15.2. The van der Waals surface area contributed by atoms with E-state index >= 15 is 0 Å². The molecule has 4 heterocycles. The summed E-state index contributed by atoms with van der Waals surface area (Å²) < 4.78 is 1.89. The van der Waals surface area contributed by atoms with E-state index in [1.54, 1.807) is 18.6 Å². The average Bonchev–Trinajstić information content (AvgIpc) is 3.05. The van der Waals surface area contributed by atoms with Gasteiger partial charge in [-0.05, 0) is 25.8 Å². The maximum atomic E-state index is 4.77. The Bertz CT molecular complexity index is 774. The summed E-state index contributed by atoms with van der Waals surface area (Å²) in [7, 11) is 0. The van der Waals surface area contributed by atoms with Gasteiger partial charge in [0.05, 0.1) is 12.4 Å². The van der Waals surface area contributed by atoms with Crippen LogP contribution in [0.1, 0.15) is 30.1 Å². The summed E-state index contributed by atoms with van der Waals surface area (Å²) >= 11 is 0. The fourth-order valence-corrected chi connectivity index (χ4v) is 3.16. The van der Waals surface area contributed by atoms with Crippen LogP contribution in [0.3, 0.4) is 0 Å². The lowest BCUT2D eigenvalue weighted by Gasteiger charge is -2.32. The number of anilines is 1. The molecule has 3 aromatic heterocycles. The van der Waals surface area contributed by atoms with Crippen LogP contribution in [-0.2, 0) is 0 Å². The summed E-state index contributed by atoms with van der Waals surface area (Å²) in [5.74, 6) is 1.47. The van der Waals surface area contributed by atoms with Crippen molar-refractivity contribution in [1.29, 1.82) is 0 Å². The molecule has 1 fully saturated rings. The van der Waals surface area contributed by atoms with E-state index in [1.807, 2.05) is 16.8 Å². The van der Waals surface area contributed by atoms with E-state index in [1.165, 1.54) is 5.69 Å². The Morgan fingerprint density at radius 1 is 1.14 bits per heavy atom. The molecule has 6 heteroatoms. The van der Waals surface area contributed by atoms with Gasteiger partial charge in [-0.25, -0.2) is 14.5 Å². The number of hydrogen-bond acceptors (Lipinski definition) is 5. The van der Waals surface area contributed by atoms with Gasteiger partial charge in [0.1, 0.15) is 5.82 Å². The molecule has 1 aliphatic heterocycles. The second kappa shape index (κ2) is 5.36. The number of nitrogens with zero attached hydrogens (tertiary/aromatic N) is 6. The number of piperidine rings is 1.